The molecular weight excluding hydrogens is 282 g/mol. The molecule has 0 spiro atoms. The predicted octanol–water partition coefficient (Wildman–Crippen LogP) is 5.40. The van der Waals surface area contributed by atoms with Crippen molar-refractivity contribution in [2.24, 2.45) is 0 Å². The first-order valence-corrected chi connectivity index (χ1v) is 7.64. The number of phenols is 1. The van der Waals surface area contributed by atoms with Gasteiger partial charge in [-0.2, -0.15) is 0 Å². The number of benzene rings is 4. The minimum Gasteiger partial charge on any atom is -0.506 e. The van der Waals surface area contributed by atoms with E-state index >= 15 is 0 Å². The van der Waals surface area contributed by atoms with E-state index in [1.54, 1.807) is 6.07 Å². The molecule has 2 nitrogen and oxygen atoms in total. The quantitative estimate of drug-likeness (QED) is 0.306. The predicted molar refractivity (Wildman–Crippen MR) is 95.9 cm³/mol. The van der Waals surface area contributed by atoms with E-state index in [9.17, 15) is 5.11 Å². The molecule has 5 aromatic rings. The van der Waals surface area contributed by atoms with Gasteiger partial charge in [0.25, 0.3) is 0 Å². The molecule has 108 valence electrons. The largest absolute Gasteiger partial charge is 0.506 e. The summed E-state index contributed by atoms with van der Waals surface area (Å²) >= 11 is 0. The molecule has 4 aromatic carbocycles. The molecule has 0 fully saturated rings. The summed E-state index contributed by atoms with van der Waals surface area (Å²) in [6.07, 6.45) is 0. The van der Waals surface area contributed by atoms with Gasteiger partial charge in [-0.3, -0.25) is 0 Å². The maximum Gasteiger partial charge on any atom is 0.142 e. The molecule has 5 rings (SSSR count). The smallest absolute Gasteiger partial charge is 0.142 e. The van der Waals surface area contributed by atoms with Crippen LogP contribution >= 0.6 is 0 Å². The molecule has 1 aromatic heterocycles. The van der Waals surface area contributed by atoms with Crippen LogP contribution in [-0.4, -0.2) is 10.1 Å². The Kier molecular flexibility index (Phi) is 2.39. The summed E-state index contributed by atoms with van der Waals surface area (Å²) in [5, 5.41) is 17.0. The zero-order valence-corrected chi connectivity index (χ0v) is 12.3. The molecule has 0 aliphatic heterocycles. The fourth-order valence-corrected chi connectivity index (χ4v) is 3.41. The highest BCUT2D eigenvalue weighted by atomic mass is 16.3. The maximum absolute atomic E-state index is 10.4. The highest BCUT2D eigenvalue weighted by molar-refractivity contribution is 6.16. The van der Waals surface area contributed by atoms with E-state index < -0.39 is 0 Å². The van der Waals surface area contributed by atoms with Gasteiger partial charge in [-0.05, 0) is 39.7 Å². The van der Waals surface area contributed by atoms with Crippen molar-refractivity contribution in [1.82, 2.24) is 4.98 Å². The van der Waals surface area contributed by atoms with Crippen molar-refractivity contribution in [2.45, 2.75) is 0 Å². The van der Waals surface area contributed by atoms with Crippen LogP contribution < -0.4 is 0 Å². The monoisotopic (exact) mass is 295 g/mol. The second-order valence-electron chi connectivity index (χ2n) is 5.85. The fourth-order valence-electron chi connectivity index (χ4n) is 3.41. The van der Waals surface area contributed by atoms with Crippen LogP contribution in [0.2, 0.25) is 0 Å². The van der Waals surface area contributed by atoms with Gasteiger partial charge in [0.1, 0.15) is 11.3 Å². The van der Waals surface area contributed by atoms with Gasteiger partial charge in [0, 0.05) is 10.8 Å². The summed E-state index contributed by atoms with van der Waals surface area (Å²) in [5.74, 6) is 0.230. The number of aromatic hydroxyl groups is 1. The molecule has 0 bridgehead atoms. The SMILES string of the molecule is Oc1cc2ccccc2c2cc3c(ccc4ccccc43)nc12. The molecule has 1 N–H and O–H groups in total. The number of aromatic nitrogens is 1. The van der Waals surface area contributed by atoms with Gasteiger partial charge in [-0.1, -0.05) is 54.6 Å². The lowest BCUT2D eigenvalue weighted by molar-refractivity contribution is 0.481. The highest BCUT2D eigenvalue weighted by Gasteiger charge is 2.10. The summed E-state index contributed by atoms with van der Waals surface area (Å²) in [4.78, 5) is 4.73. The lowest BCUT2D eigenvalue weighted by atomic mass is 10.00. The molecule has 0 amide bonds. The van der Waals surface area contributed by atoms with E-state index in [1.165, 1.54) is 10.8 Å². The zero-order chi connectivity index (χ0) is 15.4. The molecule has 23 heavy (non-hydrogen) atoms. The topological polar surface area (TPSA) is 33.1 Å². The number of phenolic OH excluding ortho intramolecular Hbond substituents is 1. The van der Waals surface area contributed by atoms with Gasteiger partial charge in [-0.15, -0.1) is 0 Å². The molecule has 0 aliphatic rings. The van der Waals surface area contributed by atoms with E-state index in [1.807, 2.05) is 36.4 Å². The van der Waals surface area contributed by atoms with E-state index in [-0.39, 0.29) is 5.75 Å². The minimum atomic E-state index is 0.230. The van der Waals surface area contributed by atoms with Gasteiger partial charge in [0.05, 0.1) is 5.52 Å². The van der Waals surface area contributed by atoms with Crippen LogP contribution in [-0.2, 0) is 0 Å². The van der Waals surface area contributed by atoms with Crippen molar-refractivity contribution in [3.05, 3.63) is 72.8 Å². The maximum atomic E-state index is 10.4. The Bertz CT molecular complexity index is 1220. The van der Waals surface area contributed by atoms with Crippen LogP contribution in [0.25, 0.3) is 43.4 Å². The van der Waals surface area contributed by atoms with Crippen molar-refractivity contribution >= 4 is 43.4 Å². The number of hydrogen-bond acceptors (Lipinski definition) is 2. The summed E-state index contributed by atoms with van der Waals surface area (Å²) in [6, 6.07) is 24.5. The first-order valence-electron chi connectivity index (χ1n) is 7.64. The van der Waals surface area contributed by atoms with E-state index in [0.717, 1.165) is 27.1 Å². The third-order valence-corrected chi connectivity index (χ3v) is 4.51. The van der Waals surface area contributed by atoms with Crippen LogP contribution in [0.4, 0.5) is 0 Å². The summed E-state index contributed by atoms with van der Waals surface area (Å²) in [5.41, 5.74) is 1.56. The number of rotatable bonds is 0. The zero-order valence-electron chi connectivity index (χ0n) is 12.3. The Hall–Kier alpha value is -3.13. The third-order valence-electron chi connectivity index (χ3n) is 4.51. The normalized spacial score (nSPS) is 11.7. The lowest BCUT2D eigenvalue weighted by Gasteiger charge is -2.09. The molecule has 0 aliphatic carbocycles. The van der Waals surface area contributed by atoms with Crippen LogP contribution in [0.1, 0.15) is 0 Å². The van der Waals surface area contributed by atoms with E-state index in [0.29, 0.717) is 5.52 Å². The van der Waals surface area contributed by atoms with Gasteiger partial charge >= 0.3 is 0 Å². The average molecular weight is 295 g/mol. The van der Waals surface area contributed by atoms with E-state index in [2.05, 4.69) is 30.3 Å². The van der Waals surface area contributed by atoms with Crippen molar-refractivity contribution < 1.29 is 5.11 Å². The molecule has 0 saturated carbocycles. The van der Waals surface area contributed by atoms with Gasteiger partial charge in [0.2, 0.25) is 0 Å². The molecule has 0 radical (unpaired) electrons. The van der Waals surface area contributed by atoms with Crippen LogP contribution in [0, 0.1) is 0 Å². The summed E-state index contributed by atoms with van der Waals surface area (Å²) in [6.45, 7) is 0. The number of nitrogens with zero attached hydrogens (tertiary/aromatic N) is 1. The lowest BCUT2D eigenvalue weighted by Crippen LogP contribution is -1.86. The number of hydrogen-bond donors (Lipinski definition) is 1. The Balaban J connectivity index is 2.07. The molecule has 2 heteroatoms. The Morgan fingerprint density at radius 3 is 2.13 bits per heavy atom. The van der Waals surface area contributed by atoms with Crippen LogP contribution in [0.3, 0.4) is 0 Å². The second-order valence-corrected chi connectivity index (χ2v) is 5.85. The van der Waals surface area contributed by atoms with Gasteiger partial charge in [-0.25, -0.2) is 4.98 Å². The fraction of sp³-hybridized carbons (Fsp3) is 0. The summed E-state index contributed by atoms with van der Waals surface area (Å²) < 4.78 is 0. The van der Waals surface area contributed by atoms with E-state index in [4.69, 9.17) is 4.98 Å². The van der Waals surface area contributed by atoms with Crippen LogP contribution in [0.5, 0.6) is 5.75 Å². The van der Waals surface area contributed by atoms with Gasteiger partial charge < -0.3 is 5.11 Å². The first kappa shape index (κ1) is 12.4. The number of fused-ring (bicyclic) bond motifs is 6. The minimum absolute atomic E-state index is 0.230. The summed E-state index contributed by atoms with van der Waals surface area (Å²) in [7, 11) is 0. The van der Waals surface area contributed by atoms with Crippen LogP contribution in [0.15, 0.2) is 72.8 Å². The van der Waals surface area contributed by atoms with Crippen molar-refractivity contribution in [2.75, 3.05) is 0 Å². The number of pyridine rings is 1. The Morgan fingerprint density at radius 1 is 0.609 bits per heavy atom. The molecule has 0 atom stereocenters. The molecule has 0 saturated heterocycles. The standard InChI is InChI=1S/C21H13NO/c23-20-11-14-6-2-4-8-16(14)18-12-17-15-7-3-1-5-13(15)9-10-19(17)22-21(18)20/h1-12,23H. The molecule has 1 heterocycles. The third kappa shape index (κ3) is 1.72. The molecular formula is C21H13NO. The Labute approximate surface area is 132 Å². The van der Waals surface area contributed by atoms with Crippen molar-refractivity contribution in [1.29, 1.82) is 0 Å². The average Bonchev–Trinajstić information content (AvgIpc) is 2.60. The van der Waals surface area contributed by atoms with Crippen molar-refractivity contribution in [3.63, 3.8) is 0 Å². The first-order chi connectivity index (χ1) is 11.3. The Morgan fingerprint density at radius 2 is 1.30 bits per heavy atom. The molecule has 0 unspecified atom stereocenters. The van der Waals surface area contributed by atoms with Gasteiger partial charge in [0.15, 0.2) is 0 Å². The second kappa shape index (κ2) is 4.43. The van der Waals surface area contributed by atoms with Crippen molar-refractivity contribution in [3.8, 4) is 5.75 Å². The highest BCUT2D eigenvalue weighted by Crippen LogP contribution is 2.35.